The first-order chi connectivity index (χ1) is 9.26. The lowest BCUT2D eigenvalue weighted by molar-refractivity contribution is 0.0829. The summed E-state index contributed by atoms with van der Waals surface area (Å²) in [4.78, 5) is 13.2. The Morgan fingerprint density at radius 1 is 1.58 bits per heavy atom. The number of nitrogens with zero attached hydrogens (tertiary/aromatic N) is 2. The van der Waals surface area contributed by atoms with Crippen LogP contribution in [0, 0.1) is 0 Å². The van der Waals surface area contributed by atoms with E-state index >= 15 is 0 Å². The van der Waals surface area contributed by atoms with Crippen molar-refractivity contribution < 1.29 is 9.53 Å². The van der Waals surface area contributed by atoms with Gasteiger partial charge in [-0.05, 0) is 24.4 Å². The number of methoxy groups -OCH3 is 1. The summed E-state index contributed by atoms with van der Waals surface area (Å²) in [6, 6.07) is 5.69. The zero-order valence-corrected chi connectivity index (χ0v) is 11.8. The number of ether oxygens (including phenoxy) is 1. The van der Waals surface area contributed by atoms with E-state index in [-0.39, 0.29) is 12.0 Å². The van der Waals surface area contributed by atoms with Gasteiger partial charge in [-0.3, -0.25) is 9.48 Å². The Kier molecular flexibility index (Phi) is 4.70. The number of hydrogen-bond donors (Lipinski definition) is 1. The molecule has 0 aliphatic rings. The van der Waals surface area contributed by atoms with Gasteiger partial charge >= 0.3 is 0 Å². The van der Waals surface area contributed by atoms with Crippen LogP contribution < -0.4 is 5.32 Å². The van der Waals surface area contributed by atoms with E-state index in [1.54, 1.807) is 35.4 Å². The van der Waals surface area contributed by atoms with Crippen LogP contribution in [0.3, 0.4) is 0 Å². The SMILES string of the molecule is CCn1nccc1C(=O)NC[C@@H](OC)c1cccs1. The minimum absolute atomic E-state index is 0.109. The first-order valence-electron chi connectivity index (χ1n) is 6.12. The molecule has 102 valence electrons. The van der Waals surface area contributed by atoms with Crippen molar-refractivity contribution in [2.24, 2.45) is 0 Å². The lowest BCUT2D eigenvalue weighted by atomic mass is 10.3. The molecule has 1 atom stereocenters. The summed E-state index contributed by atoms with van der Waals surface area (Å²) in [5, 5.41) is 8.96. The van der Waals surface area contributed by atoms with Gasteiger partial charge in [0.05, 0.1) is 0 Å². The number of amides is 1. The van der Waals surface area contributed by atoms with E-state index in [2.05, 4.69) is 10.4 Å². The normalized spacial score (nSPS) is 12.3. The summed E-state index contributed by atoms with van der Waals surface area (Å²) < 4.78 is 7.06. The molecular formula is C13H17N3O2S. The van der Waals surface area contributed by atoms with Crippen molar-refractivity contribution in [2.45, 2.75) is 19.6 Å². The number of carbonyl (C=O) groups excluding carboxylic acids is 1. The molecule has 0 aliphatic carbocycles. The van der Waals surface area contributed by atoms with Crippen LogP contribution in [-0.2, 0) is 11.3 Å². The Hall–Kier alpha value is -1.66. The smallest absolute Gasteiger partial charge is 0.269 e. The third-order valence-electron chi connectivity index (χ3n) is 2.84. The Morgan fingerprint density at radius 3 is 3.05 bits per heavy atom. The van der Waals surface area contributed by atoms with Gasteiger partial charge in [-0.15, -0.1) is 11.3 Å². The average Bonchev–Trinajstić information content (AvgIpc) is 3.10. The fourth-order valence-corrected chi connectivity index (χ4v) is 2.63. The van der Waals surface area contributed by atoms with E-state index in [1.165, 1.54) is 0 Å². The molecular weight excluding hydrogens is 262 g/mol. The molecule has 0 aromatic carbocycles. The summed E-state index contributed by atoms with van der Waals surface area (Å²) in [7, 11) is 1.65. The van der Waals surface area contributed by atoms with Crippen molar-refractivity contribution in [3.05, 3.63) is 40.3 Å². The van der Waals surface area contributed by atoms with Crippen LogP contribution in [0.15, 0.2) is 29.8 Å². The highest BCUT2D eigenvalue weighted by molar-refractivity contribution is 7.10. The standard InChI is InChI=1S/C13H17N3O2S/c1-3-16-10(6-7-15-16)13(17)14-9-11(18-2)12-5-4-8-19-12/h4-8,11H,3,9H2,1-2H3,(H,14,17)/t11-/m1/s1. The van der Waals surface area contributed by atoms with Crippen molar-refractivity contribution in [1.29, 1.82) is 0 Å². The number of aryl methyl sites for hydroxylation is 1. The third kappa shape index (κ3) is 3.21. The highest BCUT2D eigenvalue weighted by Crippen LogP contribution is 2.21. The zero-order valence-electron chi connectivity index (χ0n) is 11.0. The van der Waals surface area contributed by atoms with E-state index in [1.807, 2.05) is 24.4 Å². The molecule has 1 N–H and O–H groups in total. The van der Waals surface area contributed by atoms with Gasteiger partial charge in [0.25, 0.3) is 5.91 Å². The van der Waals surface area contributed by atoms with Crippen LogP contribution in [0.5, 0.6) is 0 Å². The van der Waals surface area contributed by atoms with Crippen molar-refractivity contribution in [2.75, 3.05) is 13.7 Å². The second kappa shape index (κ2) is 6.49. The quantitative estimate of drug-likeness (QED) is 0.881. The minimum atomic E-state index is -0.127. The average molecular weight is 279 g/mol. The molecule has 0 spiro atoms. The predicted molar refractivity (Wildman–Crippen MR) is 74.3 cm³/mol. The van der Waals surface area contributed by atoms with Crippen LogP contribution in [0.25, 0.3) is 0 Å². The molecule has 0 radical (unpaired) electrons. The van der Waals surface area contributed by atoms with Gasteiger partial charge in [0.15, 0.2) is 0 Å². The highest BCUT2D eigenvalue weighted by atomic mass is 32.1. The maximum atomic E-state index is 12.1. The molecule has 2 rings (SSSR count). The van der Waals surface area contributed by atoms with Gasteiger partial charge in [0, 0.05) is 31.3 Å². The van der Waals surface area contributed by atoms with Crippen molar-refractivity contribution in [1.82, 2.24) is 15.1 Å². The maximum Gasteiger partial charge on any atom is 0.269 e. The molecule has 0 bridgehead atoms. The molecule has 0 unspecified atom stereocenters. The number of carbonyl (C=O) groups is 1. The van der Waals surface area contributed by atoms with Gasteiger partial charge in [-0.25, -0.2) is 0 Å². The van der Waals surface area contributed by atoms with E-state index < -0.39 is 0 Å². The monoisotopic (exact) mass is 279 g/mol. The minimum Gasteiger partial charge on any atom is -0.374 e. The Balaban J connectivity index is 1.96. The number of hydrogen-bond acceptors (Lipinski definition) is 4. The van der Waals surface area contributed by atoms with Crippen LogP contribution >= 0.6 is 11.3 Å². The molecule has 0 saturated carbocycles. The molecule has 19 heavy (non-hydrogen) atoms. The third-order valence-corrected chi connectivity index (χ3v) is 3.81. The van der Waals surface area contributed by atoms with Crippen molar-refractivity contribution in [3.8, 4) is 0 Å². The van der Waals surface area contributed by atoms with Gasteiger partial charge in [-0.1, -0.05) is 6.07 Å². The van der Waals surface area contributed by atoms with Gasteiger partial charge in [0.2, 0.25) is 0 Å². The first-order valence-corrected chi connectivity index (χ1v) is 7.00. The van der Waals surface area contributed by atoms with E-state index in [0.717, 1.165) is 4.88 Å². The van der Waals surface area contributed by atoms with E-state index in [4.69, 9.17) is 4.74 Å². The van der Waals surface area contributed by atoms with Crippen LogP contribution in [-0.4, -0.2) is 29.3 Å². The fraction of sp³-hybridized carbons (Fsp3) is 0.385. The lowest BCUT2D eigenvalue weighted by Gasteiger charge is -2.14. The molecule has 2 aromatic heterocycles. The summed E-state index contributed by atoms with van der Waals surface area (Å²) in [6.07, 6.45) is 1.52. The van der Waals surface area contributed by atoms with Crippen LogP contribution in [0.2, 0.25) is 0 Å². The Morgan fingerprint density at radius 2 is 2.42 bits per heavy atom. The van der Waals surface area contributed by atoms with Crippen molar-refractivity contribution >= 4 is 17.2 Å². The second-order valence-corrected chi connectivity index (χ2v) is 4.96. The van der Waals surface area contributed by atoms with Crippen LogP contribution in [0.1, 0.15) is 28.4 Å². The van der Waals surface area contributed by atoms with E-state index in [9.17, 15) is 4.79 Å². The summed E-state index contributed by atoms with van der Waals surface area (Å²) >= 11 is 1.62. The Bertz CT molecular complexity index is 522. The summed E-state index contributed by atoms with van der Waals surface area (Å²) in [6.45, 7) is 3.08. The molecule has 0 fully saturated rings. The van der Waals surface area contributed by atoms with Crippen molar-refractivity contribution in [3.63, 3.8) is 0 Å². The van der Waals surface area contributed by atoms with Crippen LogP contribution in [0.4, 0.5) is 0 Å². The zero-order chi connectivity index (χ0) is 13.7. The molecule has 2 heterocycles. The number of rotatable bonds is 6. The molecule has 0 aliphatic heterocycles. The molecule has 2 aromatic rings. The number of thiophene rings is 1. The molecule has 1 amide bonds. The Labute approximate surface area is 116 Å². The second-order valence-electron chi connectivity index (χ2n) is 3.98. The fourth-order valence-electron chi connectivity index (χ4n) is 1.83. The van der Waals surface area contributed by atoms with Gasteiger partial charge < -0.3 is 10.1 Å². The van der Waals surface area contributed by atoms with Gasteiger partial charge in [0.1, 0.15) is 11.8 Å². The van der Waals surface area contributed by atoms with Gasteiger partial charge in [-0.2, -0.15) is 5.10 Å². The number of nitrogens with one attached hydrogen (secondary N) is 1. The topological polar surface area (TPSA) is 56.2 Å². The molecule has 0 saturated heterocycles. The molecule has 5 nitrogen and oxygen atoms in total. The maximum absolute atomic E-state index is 12.1. The van der Waals surface area contributed by atoms with E-state index in [0.29, 0.717) is 18.8 Å². The molecule has 6 heteroatoms. The highest BCUT2D eigenvalue weighted by Gasteiger charge is 2.15. The first kappa shape index (κ1) is 13.8. The predicted octanol–water partition coefficient (Wildman–Crippen LogP) is 2.08. The lowest BCUT2D eigenvalue weighted by Crippen LogP contribution is -2.30. The number of aromatic nitrogens is 2. The largest absolute Gasteiger partial charge is 0.374 e. The summed E-state index contributed by atoms with van der Waals surface area (Å²) in [5.74, 6) is -0.127. The summed E-state index contributed by atoms with van der Waals surface area (Å²) in [5.41, 5.74) is 0.573.